The molecule has 1 aromatic rings. The molecule has 2 amide bonds. The van der Waals surface area contributed by atoms with Crippen molar-refractivity contribution >= 4 is 29.9 Å². The van der Waals surface area contributed by atoms with Crippen LogP contribution in [0.1, 0.15) is 80.9 Å². The zero-order valence-electron chi connectivity index (χ0n) is 26.9. The molecule has 1 saturated heterocycles. The van der Waals surface area contributed by atoms with Crippen molar-refractivity contribution in [2.75, 3.05) is 18.5 Å². The number of carbonyl (C=O) groups excluding carboxylic acids is 4. The molecule has 2 heterocycles. The van der Waals surface area contributed by atoms with E-state index in [-0.39, 0.29) is 12.4 Å². The Balaban J connectivity index is 2.25. The molecule has 0 bridgehead atoms. The van der Waals surface area contributed by atoms with Crippen LogP contribution in [0.15, 0.2) is 17.1 Å². The SMILES string of the molecule is CCCCCOC(=O)Nc1ccn([C@@H]2O[C@H](COC(=O)C(NC(=O)OC(C)(C)C)C(C)C)[C@@H](OC(=O)C(C)C)C2(F)F)c(=O)n1. The lowest BCUT2D eigenvalue weighted by atomic mass is 10.0. The Morgan fingerprint density at radius 3 is 2.29 bits per heavy atom. The summed E-state index contributed by atoms with van der Waals surface area (Å²) in [6.45, 7) is 12.3. The second kappa shape index (κ2) is 16.0. The van der Waals surface area contributed by atoms with Crippen LogP contribution in [0, 0.1) is 11.8 Å². The number of ether oxygens (including phenoxy) is 5. The van der Waals surface area contributed by atoms with E-state index in [0.717, 1.165) is 25.1 Å². The average Bonchev–Trinajstić information content (AvgIpc) is 3.16. The zero-order valence-corrected chi connectivity index (χ0v) is 26.9. The van der Waals surface area contributed by atoms with E-state index in [2.05, 4.69) is 15.6 Å². The molecular weight excluding hydrogens is 602 g/mol. The largest absolute Gasteiger partial charge is 0.461 e. The quantitative estimate of drug-likeness (QED) is 0.179. The Bertz CT molecular complexity index is 1250. The van der Waals surface area contributed by atoms with E-state index in [1.165, 1.54) is 13.8 Å². The highest BCUT2D eigenvalue weighted by atomic mass is 19.3. The summed E-state index contributed by atoms with van der Waals surface area (Å²) >= 11 is 0. The number of amides is 2. The number of nitrogens with zero attached hydrogens (tertiary/aromatic N) is 2. The van der Waals surface area contributed by atoms with Crippen molar-refractivity contribution in [3.8, 4) is 0 Å². The molecule has 0 saturated carbocycles. The summed E-state index contributed by atoms with van der Waals surface area (Å²) in [4.78, 5) is 65.9. The summed E-state index contributed by atoms with van der Waals surface area (Å²) in [5.74, 6) is -7.47. The number of rotatable bonds is 13. The molecule has 0 radical (unpaired) electrons. The lowest BCUT2D eigenvalue weighted by Gasteiger charge is -2.26. The van der Waals surface area contributed by atoms with Crippen LogP contribution < -0.4 is 16.3 Å². The molecule has 254 valence electrons. The summed E-state index contributed by atoms with van der Waals surface area (Å²) in [7, 11) is 0. The van der Waals surface area contributed by atoms with Gasteiger partial charge in [0.2, 0.25) is 6.23 Å². The van der Waals surface area contributed by atoms with Gasteiger partial charge in [0.05, 0.1) is 12.5 Å². The van der Waals surface area contributed by atoms with Gasteiger partial charge in [0.25, 0.3) is 0 Å². The van der Waals surface area contributed by atoms with Gasteiger partial charge in [-0.05, 0) is 39.2 Å². The number of carbonyl (C=O) groups is 4. The summed E-state index contributed by atoms with van der Waals surface area (Å²) in [6, 6.07) is -0.119. The molecule has 16 heteroatoms. The maximum absolute atomic E-state index is 15.8. The third-order valence-corrected chi connectivity index (χ3v) is 6.34. The van der Waals surface area contributed by atoms with Crippen molar-refractivity contribution < 1.29 is 51.6 Å². The van der Waals surface area contributed by atoms with Gasteiger partial charge in [-0.3, -0.25) is 14.7 Å². The summed E-state index contributed by atoms with van der Waals surface area (Å²) < 4.78 is 58.0. The first-order valence-corrected chi connectivity index (χ1v) is 14.8. The Morgan fingerprint density at radius 2 is 1.73 bits per heavy atom. The summed E-state index contributed by atoms with van der Waals surface area (Å²) in [6.07, 6.45) is -4.71. The topological polar surface area (TPSA) is 173 Å². The first-order valence-electron chi connectivity index (χ1n) is 14.8. The van der Waals surface area contributed by atoms with Crippen LogP contribution >= 0.6 is 0 Å². The lowest BCUT2D eigenvalue weighted by Crippen LogP contribution is -2.48. The molecule has 0 spiro atoms. The standard InChI is InChI=1S/C29H44F2N4O10/c1-9-10-11-14-41-26(39)33-19-12-13-35(25(38)32-19)24-29(30,31)21(44-22(36)17(4)5)18(43-24)15-42-23(37)20(16(2)3)34-27(40)45-28(6,7)8/h12-13,16-18,20-21,24H,9-11,14-15H2,1-8H3,(H,34,40)(H,32,33,38,39)/t18-,20?,21-,24-/m1/s1. The minimum absolute atomic E-state index is 0.149. The zero-order chi connectivity index (χ0) is 34.1. The Morgan fingerprint density at radius 1 is 1.07 bits per heavy atom. The van der Waals surface area contributed by atoms with Gasteiger partial charge < -0.3 is 29.0 Å². The maximum Gasteiger partial charge on any atom is 0.412 e. The number of anilines is 1. The summed E-state index contributed by atoms with van der Waals surface area (Å²) in [5.41, 5.74) is -2.06. The van der Waals surface area contributed by atoms with Crippen LogP contribution in [0.25, 0.3) is 0 Å². The van der Waals surface area contributed by atoms with Gasteiger partial charge >= 0.3 is 35.7 Å². The predicted octanol–water partition coefficient (Wildman–Crippen LogP) is 4.18. The fourth-order valence-corrected chi connectivity index (χ4v) is 4.01. The van der Waals surface area contributed by atoms with Gasteiger partial charge in [0, 0.05) is 6.20 Å². The van der Waals surface area contributed by atoms with Gasteiger partial charge in [-0.15, -0.1) is 0 Å². The Hall–Kier alpha value is -3.82. The molecule has 2 N–H and O–H groups in total. The van der Waals surface area contributed by atoms with Crippen molar-refractivity contribution in [1.29, 1.82) is 0 Å². The normalized spacial score (nSPS) is 20.0. The number of halogens is 2. The van der Waals surface area contributed by atoms with E-state index in [1.54, 1.807) is 34.6 Å². The van der Waals surface area contributed by atoms with Gasteiger partial charge in [-0.1, -0.05) is 47.5 Å². The van der Waals surface area contributed by atoms with Gasteiger partial charge in [0.15, 0.2) is 6.10 Å². The van der Waals surface area contributed by atoms with Gasteiger partial charge in [-0.2, -0.15) is 13.8 Å². The molecule has 0 aromatic carbocycles. The highest BCUT2D eigenvalue weighted by Gasteiger charge is 2.63. The van der Waals surface area contributed by atoms with Crippen molar-refractivity contribution in [2.24, 2.45) is 11.8 Å². The fraction of sp³-hybridized carbons (Fsp3) is 0.724. The molecule has 4 atom stereocenters. The van der Waals surface area contributed by atoms with Crippen LogP contribution in [0.5, 0.6) is 0 Å². The van der Waals surface area contributed by atoms with E-state index in [0.29, 0.717) is 11.0 Å². The van der Waals surface area contributed by atoms with Crippen molar-refractivity contribution in [3.63, 3.8) is 0 Å². The number of aromatic nitrogens is 2. The third-order valence-electron chi connectivity index (χ3n) is 6.34. The lowest BCUT2D eigenvalue weighted by molar-refractivity contribution is -0.180. The van der Waals surface area contributed by atoms with Crippen LogP contribution in [0.2, 0.25) is 0 Å². The molecule has 0 aliphatic carbocycles. The number of hydrogen-bond donors (Lipinski definition) is 2. The number of alkyl carbamates (subject to hydrolysis) is 1. The Kier molecular flexibility index (Phi) is 13.2. The first-order chi connectivity index (χ1) is 20.9. The maximum atomic E-state index is 15.8. The molecule has 14 nitrogen and oxygen atoms in total. The van der Waals surface area contributed by atoms with Crippen LogP contribution in [-0.2, 0) is 33.3 Å². The molecule has 1 aromatic heterocycles. The molecule has 1 unspecified atom stereocenters. The van der Waals surface area contributed by atoms with E-state index in [9.17, 15) is 24.0 Å². The van der Waals surface area contributed by atoms with E-state index >= 15 is 8.78 Å². The van der Waals surface area contributed by atoms with Crippen molar-refractivity contribution in [2.45, 2.75) is 111 Å². The van der Waals surface area contributed by atoms with Crippen LogP contribution in [0.4, 0.5) is 24.2 Å². The minimum Gasteiger partial charge on any atom is -0.461 e. The number of nitrogens with one attached hydrogen (secondary N) is 2. The molecule has 1 aliphatic rings. The second-order valence-corrected chi connectivity index (χ2v) is 12.2. The monoisotopic (exact) mass is 646 g/mol. The van der Waals surface area contributed by atoms with Crippen LogP contribution in [0.3, 0.4) is 0 Å². The number of hydrogen-bond acceptors (Lipinski definition) is 11. The van der Waals surface area contributed by atoms with Crippen molar-refractivity contribution in [1.82, 2.24) is 14.9 Å². The predicted molar refractivity (Wildman–Crippen MR) is 156 cm³/mol. The van der Waals surface area contributed by atoms with Crippen molar-refractivity contribution in [3.05, 3.63) is 22.7 Å². The second-order valence-electron chi connectivity index (χ2n) is 12.2. The van der Waals surface area contributed by atoms with E-state index in [4.69, 9.17) is 23.7 Å². The van der Waals surface area contributed by atoms with E-state index in [1.807, 2.05) is 6.92 Å². The smallest absolute Gasteiger partial charge is 0.412 e. The molecule has 1 fully saturated rings. The first kappa shape index (κ1) is 37.4. The molecule has 2 rings (SSSR count). The molecule has 45 heavy (non-hydrogen) atoms. The highest BCUT2D eigenvalue weighted by molar-refractivity contribution is 5.83. The summed E-state index contributed by atoms with van der Waals surface area (Å²) in [5, 5.41) is 4.65. The van der Waals surface area contributed by atoms with Crippen LogP contribution in [-0.4, -0.2) is 76.7 Å². The van der Waals surface area contributed by atoms with E-state index < -0.39 is 84.3 Å². The number of alkyl halides is 2. The number of unbranched alkanes of at least 4 members (excludes halogenated alkanes) is 2. The van der Waals surface area contributed by atoms with Gasteiger partial charge in [-0.25, -0.2) is 19.2 Å². The minimum atomic E-state index is -3.99. The highest BCUT2D eigenvalue weighted by Crippen LogP contribution is 2.44. The van der Waals surface area contributed by atoms with Gasteiger partial charge in [0.1, 0.15) is 30.2 Å². The molecular formula is C29H44F2N4O10. The number of esters is 2. The Labute approximate surface area is 260 Å². The average molecular weight is 647 g/mol. The molecule has 1 aliphatic heterocycles. The fourth-order valence-electron chi connectivity index (χ4n) is 4.01. The third kappa shape index (κ3) is 10.9.